The highest BCUT2D eigenvalue weighted by molar-refractivity contribution is 6.05. The molecule has 1 saturated carbocycles. The van der Waals surface area contributed by atoms with E-state index in [2.05, 4.69) is 24.5 Å². The predicted molar refractivity (Wildman–Crippen MR) is 105 cm³/mol. The third kappa shape index (κ3) is 4.31. The summed E-state index contributed by atoms with van der Waals surface area (Å²) in [6.45, 7) is 4.20. The zero-order valence-electron chi connectivity index (χ0n) is 15.4. The molecule has 0 heterocycles. The molecule has 0 unspecified atom stereocenters. The fraction of sp³-hybridized carbons (Fsp3) is 0.364. The van der Waals surface area contributed by atoms with Gasteiger partial charge in [-0.1, -0.05) is 44.9 Å². The van der Waals surface area contributed by atoms with Crippen molar-refractivity contribution in [2.24, 2.45) is 0 Å². The molecule has 0 bridgehead atoms. The molecule has 2 aromatic carbocycles. The first kappa shape index (κ1) is 18.2. The lowest BCUT2D eigenvalue weighted by Crippen LogP contribution is -2.32. The molecule has 26 heavy (non-hydrogen) atoms. The monoisotopic (exact) mass is 350 g/mol. The minimum Gasteiger partial charge on any atom is -0.349 e. The van der Waals surface area contributed by atoms with E-state index in [0.29, 0.717) is 17.0 Å². The molecule has 4 nitrogen and oxygen atoms in total. The fourth-order valence-electron chi connectivity index (χ4n) is 3.42. The van der Waals surface area contributed by atoms with Crippen molar-refractivity contribution in [1.82, 2.24) is 5.32 Å². The highest BCUT2D eigenvalue weighted by Gasteiger charge is 2.18. The SMILES string of the molecule is CC(C)c1ccccc1NC(=O)c1ccc(C(=O)NC2CCCC2)cc1. The van der Waals surface area contributed by atoms with Gasteiger partial charge >= 0.3 is 0 Å². The van der Waals surface area contributed by atoms with E-state index < -0.39 is 0 Å². The van der Waals surface area contributed by atoms with Crippen LogP contribution in [-0.4, -0.2) is 17.9 Å². The van der Waals surface area contributed by atoms with Crippen LogP contribution < -0.4 is 10.6 Å². The standard InChI is InChI=1S/C22H26N2O2/c1-15(2)19-9-5-6-10-20(19)24-22(26)17-13-11-16(12-14-17)21(25)23-18-7-3-4-8-18/h5-6,9-15,18H,3-4,7-8H2,1-2H3,(H,23,25)(H,24,26). The van der Waals surface area contributed by atoms with E-state index in [-0.39, 0.29) is 17.9 Å². The third-order valence-electron chi connectivity index (χ3n) is 4.93. The number of carbonyl (C=O) groups excluding carboxylic acids is 2. The molecule has 3 rings (SSSR count). The molecule has 2 aromatic rings. The molecule has 0 aliphatic heterocycles. The van der Waals surface area contributed by atoms with Crippen LogP contribution >= 0.6 is 0 Å². The lowest BCUT2D eigenvalue weighted by molar-refractivity contribution is 0.0936. The fourth-order valence-corrected chi connectivity index (χ4v) is 3.42. The van der Waals surface area contributed by atoms with Crippen LogP contribution in [-0.2, 0) is 0 Å². The van der Waals surface area contributed by atoms with Crippen molar-refractivity contribution < 1.29 is 9.59 Å². The minimum atomic E-state index is -0.166. The van der Waals surface area contributed by atoms with Gasteiger partial charge in [0.1, 0.15) is 0 Å². The molecule has 4 heteroatoms. The lowest BCUT2D eigenvalue weighted by atomic mass is 10.0. The molecular weight excluding hydrogens is 324 g/mol. The largest absolute Gasteiger partial charge is 0.349 e. The van der Waals surface area contributed by atoms with E-state index in [1.165, 1.54) is 12.8 Å². The molecule has 0 atom stereocenters. The quantitative estimate of drug-likeness (QED) is 0.818. The second-order valence-electron chi connectivity index (χ2n) is 7.23. The minimum absolute atomic E-state index is 0.0611. The molecule has 0 aromatic heterocycles. The summed E-state index contributed by atoms with van der Waals surface area (Å²) >= 11 is 0. The van der Waals surface area contributed by atoms with Crippen molar-refractivity contribution in [3.8, 4) is 0 Å². The number of amides is 2. The number of nitrogens with one attached hydrogen (secondary N) is 2. The Balaban J connectivity index is 1.66. The Bertz CT molecular complexity index is 775. The third-order valence-corrected chi connectivity index (χ3v) is 4.93. The van der Waals surface area contributed by atoms with Gasteiger partial charge in [-0.05, 0) is 54.7 Å². The average molecular weight is 350 g/mol. The Kier molecular flexibility index (Phi) is 5.71. The van der Waals surface area contributed by atoms with E-state index in [1.54, 1.807) is 24.3 Å². The van der Waals surface area contributed by atoms with Crippen molar-refractivity contribution >= 4 is 17.5 Å². The smallest absolute Gasteiger partial charge is 0.255 e. The van der Waals surface area contributed by atoms with Crippen LogP contribution in [0.3, 0.4) is 0 Å². The van der Waals surface area contributed by atoms with Crippen LogP contribution in [0, 0.1) is 0 Å². The zero-order valence-corrected chi connectivity index (χ0v) is 15.4. The van der Waals surface area contributed by atoms with Gasteiger partial charge in [0.05, 0.1) is 0 Å². The van der Waals surface area contributed by atoms with E-state index in [0.717, 1.165) is 24.1 Å². The Hall–Kier alpha value is -2.62. The van der Waals surface area contributed by atoms with Crippen molar-refractivity contribution in [2.75, 3.05) is 5.32 Å². The van der Waals surface area contributed by atoms with Crippen LogP contribution in [0.4, 0.5) is 5.69 Å². The van der Waals surface area contributed by atoms with Gasteiger partial charge in [0, 0.05) is 22.9 Å². The molecular formula is C22H26N2O2. The maximum Gasteiger partial charge on any atom is 0.255 e. The number of hydrogen-bond donors (Lipinski definition) is 2. The Morgan fingerprint density at radius 3 is 2.08 bits per heavy atom. The zero-order chi connectivity index (χ0) is 18.5. The van der Waals surface area contributed by atoms with Gasteiger partial charge in [0.25, 0.3) is 11.8 Å². The maximum absolute atomic E-state index is 12.5. The number of anilines is 1. The number of benzene rings is 2. The summed E-state index contributed by atoms with van der Waals surface area (Å²) in [6.07, 6.45) is 4.48. The van der Waals surface area contributed by atoms with E-state index in [1.807, 2.05) is 24.3 Å². The number of hydrogen-bond acceptors (Lipinski definition) is 2. The summed E-state index contributed by atoms with van der Waals surface area (Å²) in [5, 5.41) is 6.04. The topological polar surface area (TPSA) is 58.2 Å². The predicted octanol–water partition coefficient (Wildman–Crippen LogP) is 4.73. The first-order valence-corrected chi connectivity index (χ1v) is 9.36. The molecule has 1 aliphatic rings. The van der Waals surface area contributed by atoms with Crippen molar-refractivity contribution in [3.05, 3.63) is 65.2 Å². The van der Waals surface area contributed by atoms with Crippen molar-refractivity contribution in [2.45, 2.75) is 51.5 Å². The van der Waals surface area contributed by atoms with Gasteiger partial charge in [-0.25, -0.2) is 0 Å². The van der Waals surface area contributed by atoms with Crippen LogP contribution in [0.25, 0.3) is 0 Å². The molecule has 136 valence electrons. The number of rotatable bonds is 5. The van der Waals surface area contributed by atoms with Gasteiger partial charge in [-0.2, -0.15) is 0 Å². The molecule has 0 radical (unpaired) electrons. The lowest BCUT2D eigenvalue weighted by Gasteiger charge is -2.14. The molecule has 0 spiro atoms. The maximum atomic E-state index is 12.5. The van der Waals surface area contributed by atoms with Crippen LogP contribution in [0.2, 0.25) is 0 Å². The van der Waals surface area contributed by atoms with Crippen LogP contribution in [0.5, 0.6) is 0 Å². The second-order valence-corrected chi connectivity index (χ2v) is 7.23. The van der Waals surface area contributed by atoms with Gasteiger partial charge < -0.3 is 10.6 Å². The Labute approximate surface area is 155 Å². The molecule has 1 aliphatic carbocycles. The molecule has 2 N–H and O–H groups in total. The van der Waals surface area contributed by atoms with Gasteiger partial charge in [-0.15, -0.1) is 0 Å². The van der Waals surface area contributed by atoms with E-state index >= 15 is 0 Å². The van der Waals surface area contributed by atoms with E-state index in [9.17, 15) is 9.59 Å². The Morgan fingerprint density at radius 2 is 1.46 bits per heavy atom. The summed E-state index contributed by atoms with van der Waals surface area (Å²) in [5.74, 6) is 0.100. The Morgan fingerprint density at radius 1 is 0.885 bits per heavy atom. The normalized spacial score (nSPS) is 14.4. The van der Waals surface area contributed by atoms with Crippen molar-refractivity contribution in [3.63, 3.8) is 0 Å². The first-order valence-electron chi connectivity index (χ1n) is 9.36. The molecule has 0 saturated heterocycles. The summed E-state index contributed by atoms with van der Waals surface area (Å²) in [5.41, 5.74) is 3.07. The highest BCUT2D eigenvalue weighted by atomic mass is 16.2. The van der Waals surface area contributed by atoms with E-state index in [4.69, 9.17) is 0 Å². The number of para-hydroxylation sites is 1. The summed E-state index contributed by atoms with van der Waals surface area (Å²) in [7, 11) is 0. The number of carbonyl (C=O) groups is 2. The molecule has 2 amide bonds. The first-order chi connectivity index (χ1) is 12.5. The van der Waals surface area contributed by atoms with Gasteiger partial charge in [-0.3, -0.25) is 9.59 Å². The van der Waals surface area contributed by atoms with Crippen LogP contribution in [0.1, 0.15) is 71.7 Å². The van der Waals surface area contributed by atoms with Crippen molar-refractivity contribution in [1.29, 1.82) is 0 Å². The van der Waals surface area contributed by atoms with Gasteiger partial charge in [0.15, 0.2) is 0 Å². The summed E-state index contributed by atoms with van der Waals surface area (Å²) in [6, 6.07) is 15.0. The van der Waals surface area contributed by atoms with Crippen LogP contribution in [0.15, 0.2) is 48.5 Å². The summed E-state index contributed by atoms with van der Waals surface area (Å²) in [4.78, 5) is 24.8. The highest BCUT2D eigenvalue weighted by Crippen LogP contribution is 2.24. The average Bonchev–Trinajstić information content (AvgIpc) is 3.15. The molecule has 1 fully saturated rings. The van der Waals surface area contributed by atoms with Gasteiger partial charge in [0.2, 0.25) is 0 Å². The second kappa shape index (κ2) is 8.17. The summed E-state index contributed by atoms with van der Waals surface area (Å²) < 4.78 is 0.